The quantitative estimate of drug-likeness (QED) is 0.659. The molecule has 0 unspecified atom stereocenters. The second kappa shape index (κ2) is 5.74. The molecular weight excluding hydrogens is 311 g/mol. The molecule has 0 aromatic carbocycles. The van der Waals surface area contributed by atoms with Gasteiger partial charge in [0.1, 0.15) is 0 Å². The number of hydrogen-bond donors (Lipinski definition) is 0. The maximum Gasteiger partial charge on any atom is 0.0679 e. The molecular formula is C7H4FNOY2-2. The summed E-state index contributed by atoms with van der Waals surface area (Å²) in [6.07, 6.45) is 2.92. The standard InChI is InChI=1S/C7H4FNO.2Y/c8-5-3-7-6(9-4-5)1-2-10-7;;/h1-2H2;;/q-2;;. The minimum absolute atomic E-state index is 0. The Bertz CT molecular complexity index is 270. The predicted molar refractivity (Wildman–Crippen MR) is 31.1 cm³/mol. The molecule has 2 radical (unpaired) electrons. The molecule has 1 aliphatic rings. The Morgan fingerprint density at radius 1 is 1.42 bits per heavy atom. The third kappa shape index (κ3) is 2.80. The minimum atomic E-state index is -0.583. The smallest absolute Gasteiger partial charge is 0.0679 e. The zero-order chi connectivity index (χ0) is 6.97. The second-order valence-corrected chi connectivity index (χ2v) is 2.04. The largest absolute Gasteiger partial charge is 0.543 e. The summed E-state index contributed by atoms with van der Waals surface area (Å²) in [4.78, 5) is 3.70. The predicted octanol–water partition coefficient (Wildman–Crippen LogP) is 0.751. The summed E-state index contributed by atoms with van der Waals surface area (Å²) in [5.41, 5.74) is 0.751. The van der Waals surface area contributed by atoms with Gasteiger partial charge in [-0.15, -0.1) is 5.82 Å². The van der Waals surface area contributed by atoms with Crippen LogP contribution in [0.5, 0.6) is 5.75 Å². The molecule has 2 rings (SSSR count). The van der Waals surface area contributed by atoms with Gasteiger partial charge in [0.05, 0.1) is 6.61 Å². The van der Waals surface area contributed by atoms with Crippen LogP contribution < -0.4 is 4.74 Å². The van der Waals surface area contributed by atoms with E-state index >= 15 is 0 Å². The molecule has 58 valence electrons. The first-order valence-electron chi connectivity index (χ1n) is 2.98. The summed E-state index contributed by atoms with van der Waals surface area (Å²) in [5.74, 6) is -0.142. The molecule has 0 aliphatic carbocycles. The fourth-order valence-electron chi connectivity index (χ4n) is 0.906. The molecule has 0 atom stereocenters. The van der Waals surface area contributed by atoms with Crippen LogP contribution in [0.3, 0.4) is 0 Å². The third-order valence-corrected chi connectivity index (χ3v) is 1.36. The normalized spacial score (nSPS) is 12.1. The van der Waals surface area contributed by atoms with E-state index in [0.717, 1.165) is 12.1 Å². The summed E-state index contributed by atoms with van der Waals surface area (Å²) < 4.78 is 17.3. The van der Waals surface area contributed by atoms with Gasteiger partial charge in [-0.25, -0.2) is 6.20 Å². The minimum Gasteiger partial charge on any atom is -0.543 e. The van der Waals surface area contributed by atoms with Crippen molar-refractivity contribution in [2.45, 2.75) is 6.42 Å². The average Bonchev–Trinajstić information content (AvgIpc) is 2.33. The van der Waals surface area contributed by atoms with Gasteiger partial charge in [0, 0.05) is 65.4 Å². The average molecular weight is 315 g/mol. The fraction of sp³-hybridized carbons (Fsp3) is 0.286. The Kier molecular flexibility index (Phi) is 6.26. The van der Waals surface area contributed by atoms with Gasteiger partial charge in [-0.05, 0) is 0 Å². The van der Waals surface area contributed by atoms with Crippen LogP contribution in [0.1, 0.15) is 5.69 Å². The first-order valence-corrected chi connectivity index (χ1v) is 2.98. The van der Waals surface area contributed by atoms with E-state index < -0.39 is 5.82 Å². The van der Waals surface area contributed by atoms with E-state index in [4.69, 9.17) is 4.74 Å². The van der Waals surface area contributed by atoms with Crippen molar-refractivity contribution < 1.29 is 74.5 Å². The van der Waals surface area contributed by atoms with Crippen LogP contribution in [-0.4, -0.2) is 11.6 Å². The molecule has 0 N–H and O–H groups in total. The number of hydrogen-bond acceptors (Lipinski definition) is 2. The van der Waals surface area contributed by atoms with E-state index in [1.54, 1.807) is 0 Å². The number of rotatable bonds is 0. The molecule has 2 heterocycles. The zero-order valence-electron chi connectivity index (χ0n) is 6.30. The van der Waals surface area contributed by atoms with E-state index in [1.165, 1.54) is 0 Å². The van der Waals surface area contributed by atoms with Crippen molar-refractivity contribution in [2.24, 2.45) is 0 Å². The van der Waals surface area contributed by atoms with Crippen molar-refractivity contribution in [1.29, 1.82) is 0 Å². The zero-order valence-corrected chi connectivity index (χ0v) is 12.0. The molecule has 1 aliphatic heterocycles. The third-order valence-electron chi connectivity index (χ3n) is 1.36. The van der Waals surface area contributed by atoms with Gasteiger partial charge in [-0.1, -0.05) is 12.2 Å². The van der Waals surface area contributed by atoms with Gasteiger partial charge >= 0.3 is 0 Å². The Morgan fingerprint density at radius 3 is 2.92 bits per heavy atom. The summed E-state index contributed by atoms with van der Waals surface area (Å²) in [6, 6.07) is 2.38. The number of fused-ring (bicyclic) bond motifs is 1. The fourth-order valence-corrected chi connectivity index (χ4v) is 0.906. The summed E-state index contributed by atoms with van der Waals surface area (Å²) in [6.45, 7) is 0.579. The van der Waals surface area contributed by atoms with Gasteiger partial charge in [-0.2, -0.15) is 5.69 Å². The van der Waals surface area contributed by atoms with Crippen LogP contribution >= 0.6 is 0 Å². The summed E-state index contributed by atoms with van der Waals surface area (Å²) in [5, 5.41) is 0. The van der Waals surface area contributed by atoms with E-state index in [0.29, 0.717) is 12.4 Å². The number of ether oxygens (including phenoxy) is 1. The van der Waals surface area contributed by atoms with Crippen molar-refractivity contribution in [1.82, 2.24) is 4.98 Å². The van der Waals surface area contributed by atoms with Gasteiger partial charge in [-0.3, -0.25) is 10.5 Å². The van der Waals surface area contributed by atoms with Crippen LogP contribution in [0.2, 0.25) is 0 Å². The van der Waals surface area contributed by atoms with Crippen molar-refractivity contribution >= 4 is 0 Å². The molecule has 0 amide bonds. The van der Waals surface area contributed by atoms with Crippen molar-refractivity contribution in [3.05, 3.63) is 23.8 Å². The molecule has 0 bridgehead atoms. The van der Waals surface area contributed by atoms with Crippen LogP contribution in [-0.2, 0) is 71.8 Å². The van der Waals surface area contributed by atoms with Crippen molar-refractivity contribution in [2.75, 3.05) is 6.61 Å². The van der Waals surface area contributed by atoms with Crippen molar-refractivity contribution in [3.63, 3.8) is 0 Å². The Labute approximate surface area is 120 Å². The van der Waals surface area contributed by atoms with E-state index in [9.17, 15) is 4.39 Å². The topological polar surface area (TPSA) is 22.1 Å². The van der Waals surface area contributed by atoms with Gasteiger partial charge in [0.2, 0.25) is 0 Å². The van der Waals surface area contributed by atoms with E-state index in [-0.39, 0.29) is 65.4 Å². The molecule has 0 fully saturated rings. The van der Waals surface area contributed by atoms with Gasteiger partial charge in [0.25, 0.3) is 0 Å². The van der Waals surface area contributed by atoms with Gasteiger partial charge < -0.3 is 9.72 Å². The Morgan fingerprint density at radius 2 is 2.17 bits per heavy atom. The van der Waals surface area contributed by atoms with Gasteiger partial charge in [0.15, 0.2) is 0 Å². The maximum atomic E-state index is 12.3. The van der Waals surface area contributed by atoms with E-state index in [1.807, 2.05) is 0 Å². The second-order valence-electron chi connectivity index (χ2n) is 2.04. The van der Waals surface area contributed by atoms with Crippen LogP contribution in [0.15, 0.2) is 0 Å². The maximum absolute atomic E-state index is 12.3. The number of aromatic nitrogens is 1. The number of pyridine rings is 1. The molecule has 0 spiro atoms. The van der Waals surface area contributed by atoms with Crippen LogP contribution in [0.25, 0.3) is 0 Å². The van der Waals surface area contributed by atoms with Crippen LogP contribution in [0.4, 0.5) is 4.39 Å². The summed E-state index contributed by atoms with van der Waals surface area (Å²) >= 11 is 0. The molecule has 5 heteroatoms. The monoisotopic (exact) mass is 315 g/mol. The van der Waals surface area contributed by atoms with E-state index in [2.05, 4.69) is 17.2 Å². The Hall–Kier alpha value is 1.09. The first-order chi connectivity index (χ1) is 4.86. The molecule has 0 saturated heterocycles. The summed E-state index contributed by atoms with van der Waals surface area (Å²) in [7, 11) is 0. The number of halogens is 1. The molecule has 12 heavy (non-hydrogen) atoms. The van der Waals surface area contributed by atoms with Crippen LogP contribution in [0, 0.1) is 18.1 Å². The molecule has 2 nitrogen and oxygen atoms in total. The molecule has 1 aromatic rings. The Balaban J connectivity index is 0.000000605. The number of nitrogens with zero attached hydrogens (tertiary/aromatic N) is 1. The molecule has 0 saturated carbocycles. The first kappa shape index (κ1) is 13.1. The molecule has 1 aromatic heterocycles. The van der Waals surface area contributed by atoms with Crippen molar-refractivity contribution in [3.8, 4) is 5.75 Å². The SMILES string of the molecule is Fc1[c-]nc2c([c-]1)OCC2.[Y].[Y].